The predicted octanol–water partition coefficient (Wildman–Crippen LogP) is 3.78. The van der Waals surface area contributed by atoms with Crippen molar-refractivity contribution >= 4 is 12.0 Å². The second kappa shape index (κ2) is 7.53. The Balaban J connectivity index is 3.45. The molecule has 1 N–H and O–H groups in total. The zero-order valence-electron chi connectivity index (χ0n) is 15.5. The van der Waals surface area contributed by atoms with Crippen molar-refractivity contribution in [2.45, 2.75) is 45.2 Å². The van der Waals surface area contributed by atoms with E-state index in [1.54, 1.807) is 20.8 Å². The Morgan fingerprint density at radius 1 is 1.23 bits per heavy atom. The van der Waals surface area contributed by atoms with Gasteiger partial charge >= 0.3 is 17.9 Å². The highest BCUT2D eigenvalue weighted by molar-refractivity contribution is 5.84. The summed E-state index contributed by atoms with van der Waals surface area (Å²) in [5.74, 6) is -7.26. The molecule has 1 aromatic carbocycles. The van der Waals surface area contributed by atoms with Crippen LogP contribution in [0.15, 0.2) is 18.2 Å². The molecular weight excluding hydrogens is 353 g/mol. The van der Waals surface area contributed by atoms with Gasteiger partial charge in [-0.3, -0.25) is 14.5 Å². The summed E-state index contributed by atoms with van der Waals surface area (Å²) in [6, 6.07) is 2.10. The molecular formula is C17H23F3N2O4. The number of hydrogen-bond donors (Lipinski definition) is 1. The number of benzene rings is 1. The molecule has 0 fully saturated rings. The van der Waals surface area contributed by atoms with Crippen LogP contribution < -0.4 is 0 Å². The number of rotatable bonds is 5. The van der Waals surface area contributed by atoms with Crippen LogP contribution in [0.3, 0.4) is 0 Å². The van der Waals surface area contributed by atoms with Gasteiger partial charge in [0.15, 0.2) is 0 Å². The minimum atomic E-state index is -4.18. The van der Waals surface area contributed by atoms with Gasteiger partial charge in [-0.1, -0.05) is 12.1 Å². The fraction of sp³-hybridized carbons (Fsp3) is 0.529. The van der Waals surface area contributed by atoms with Gasteiger partial charge in [-0.15, -0.1) is 0 Å². The molecule has 1 aromatic rings. The quantitative estimate of drug-likeness (QED) is 0.794. The molecule has 0 aromatic heterocycles. The van der Waals surface area contributed by atoms with Crippen molar-refractivity contribution in [3.05, 3.63) is 35.1 Å². The molecule has 0 aliphatic carbocycles. The van der Waals surface area contributed by atoms with E-state index in [4.69, 9.17) is 0 Å². The molecule has 9 heteroatoms. The molecule has 0 bridgehead atoms. The molecule has 0 unspecified atom stereocenters. The van der Waals surface area contributed by atoms with Gasteiger partial charge in [0.05, 0.1) is 18.7 Å². The average Bonchev–Trinajstić information content (AvgIpc) is 2.51. The number of carboxylic acid groups (broad SMARTS) is 1. The summed E-state index contributed by atoms with van der Waals surface area (Å²) < 4.78 is 43.7. The third-order valence-corrected chi connectivity index (χ3v) is 3.96. The molecule has 1 rings (SSSR count). The normalized spacial score (nSPS) is 13.3. The van der Waals surface area contributed by atoms with E-state index in [1.165, 1.54) is 13.0 Å². The lowest BCUT2D eigenvalue weighted by Crippen LogP contribution is -2.46. The Kier molecular flexibility index (Phi) is 6.30. The van der Waals surface area contributed by atoms with Crippen LogP contribution in [0, 0.1) is 5.82 Å². The van der Waals surface area contributed by atoms with Crippen LogP contribution in [0.2, 0.25) is 0 Å². The third kappa shape index (κ3) is 4.09. The number of carbonyl (C=O) groups excluding carboxylic acids is 1. The lowest BCUT2D eigenvalue weighted by molar-refractivity contribution is -0.196. The molecule has 0 heterocycles. The number of hydroxylamine groups is 2. The van der Waals surface area contributed by atoms with Crippen LogP contribution >= 0.6 is 0 Å². The highest BCUT2D eigenvalue weighted by atomic mass is 19.3. The topological polar surface area (TPSA) is 70.1 Å². The second-order valence-corrected chi connectivity index (χ2v) is 6.77. The summed E-state index contributed by atoms with van der Waals surface area (Å²) in [7, 11) is 2.00. The first-order chi connectivity index (χ1) is 11.8. The van der Waals surface area contributed by atoms with Crippen LogP contribution in [0.25, 0.3) is 0 Å². The number of alkyl halides is 2. The fourth-order valence-corrected chi connectivity index (χ4v) is 2.68. The number of likely N-dealkylation sites (N-methyl/N-ethyl adjacent to an activating group) is 1. The standard InChI is InChI=1S/C17H23F3N2O4/c1-10(22(15(24)25)16(2,3)4)11-8-7-9-12(13(11)18)17(19,20)14(23)21(5)26-6/h7-10H,1-6H3,(H,24,25)/t10-/m1/s1. The molecule has 2 amide bonds. The lowest BCUT2D eigenvalue weighted by Gasteiger charge is -2.38. The van der Waals surface area contributed by atoms with Gasteiger partial charge in [-0.25, -0.2) is 14.2 Å². The number of hydrogen-bond acceptors (Lipinski definition) is 3. The van der Waals surface area contributed by atoms with Crippen molar-refractivity contribution in [3.63, 3.8) is 0 Å². The van der Waals surface area contributed by atoms with Crippen molar-refractivity contribution < 1.29 is 32.7 Å². The average molecular weight is 376 g/mol. The van der Waals surface area contributed by atoms with Crippen LogP contribution in [-0.2, 0) is 15.6 Å². The van der Waals surface area contributed by atoms with E-state index >= 15 is 0 Å². The highest BCUT2D eigenvalue weighted by Gasteiger charge is 2.46. The molecule has 0 saturated heterocycles. The number of carbonyl (C=O) groups is 2. The van der Waals surface area contributed by atoms with E-state index in [-0.39, 0.29) is 5.56 Å². The molecule has 146 valence electrons. The summed E-state index contributed by atoms with van der Waals surface area (Å²) >= 11 is 0. The predicted molar refractivity (Wildman–Crippen MR) is 88.1 cm³/mol. The summed E-state index contributed by atoms with van der Waals surface area (Å²) in [6.45, 7) is 6.20. The van der Waals surface area contributed by atoms with Crippen LogP contribution in [0.1, 0.15) is 44.9 Å². The fourth-order valence-electron chi connectivity index (χ4n) is 2.68. The van der Waals surface area contributed by atoms with E-state index in [1.807, 2.05) is 0 Å². The molecule has 0 spiro atoms. The molecule has 26 heavy (non-hydrogen) atoms. The van der Waals surface area contributed by atoms with E-state index in [0.29, 0.717) is 5.06 Å². The molecule has 1 atom stereocenters. The zero-order valence-corrected chi connectivity index (χ0v) is 15.5. The first-order valence-corrected chi connectivity index (χ1v) is 7.78. The monoisotopic (exact) mass is 376 g/mol. The smallest absolute Gasteiger partial charge is 0.408 e. The van der Waals surface area contributed by atoms with Crippen LogP contribution in [0.5, 0.6) is 0 Å². The number of amides is 2. The maximum Gasteiger partial charge on any atom is 0.408 e. The summed E-state index contributed by atoms with van der Waals surface area (Å²) in [5, 5.41) is 9.73. The first-order valence-electron chi connectivity index (χ1n) is 7.78. The first kappa shape index (κ1) is 21.8. The van der Waals surface area contributed by atoms with E-state index in [9.17, 15) is 27.9 Å². The Hall–Kier alpha value is -2.29. The van der Waals surface area contributed by atoms with Crippen LogP contribution in [0.4, 0.5) is 18.0 Å². The van der Waals surface area contributed by atoms with Crippen molar-refractivity contribution in [3.8, 4) is 0 Å². The molecule has 0 aliphatic rings. The minimum absolute atomic E-state index is 0.257. The maximum absolute atomic E-state index is 14.8. The van der Waals surface area contributed by atoms with E-state index in [2.05, 4.69) is 4.84 Å². The summed E-state index contributed by atoms with van der Waals surface area (Å²) in [4.78, 5) is 28.8. The Bertz CT molecular complexity index is 689. The number of nitrogens with zero attached hydrogens (tertiary/aromatic N) is 2. The Morgan fingerprint density at radius 2 is 1.77 bits per heavy atom. The van der Waals surface area contributed by atoms with Crippen molar-refractivity contribution in [1.82, 2.24) is 9.96 Å². The van der Waals surface area contributed by atoms with E-state index in [0.717, 1.165) is 31.2 Å². The van der Waals surface area contributed by atoms with Gasteiger partial charge in [0.1, 0.15) is 5.82 Å². The summed E-state index contributed by atoms with van der Waals surface area (Å²) in [5.41, 5.74) is -2.30. The summed E-state index contributed by atoms with van der Waals surface area (Å²) in [6.07, 6.45) is -1.32. The van der Waals surface area contributed by atoms with Gasteiger partial charge in [0.25, 0.3) is 0 Å². The molecule has 0 saturated carbocycles. The molecule has 0 radical (unpaired) electrons. The van der Waals surface area contributed by atoms with Gasteiger partial charge in [0.2, 0.25) is 0 Å². The third-order valence-electron chi connectivity index (χ3n) is 3.96. The largest absolute Gasteiger partial charge is 0.465 e. The van der Waals surface area contributed by atoms with E-state index < -0.39 is 40.9 Å². The van der Waals surface area contributed by atoms with Gasteiger partial charge in [-0.2, -0.15) is 8.78 Å². The van der Waals surface area contributed by atoms with Crippen LogP contribution in [-0.4, -0.2) is 46.8 Å². The Labute approximate surface area is 150 Å². The van der Waals surface area contributed by atoms with Gasteiger partial charge in [-0.05, 0) is 33.8 Å². The van der Waals surface area contributed by atoms with Crippen molar-refractivity contribution in [1.29, 1.82) is 0 Å². The maximum atomic E-state index is 14.8. The second-order valence-electron chi connectivity index (χ2n) is 6.77. The van der Waals surface area contributed by atoms with Crippen molar-refractivity contribution in [2.24, 2.45) is 0 Å². The van der Waals surface area contributed by atoms with Gasteiger partial charge < -0.3 is 5.11 Å². The lowest BCUT2D eigenvalue weighted by atomic mass is 9.96. The highest BCUT2D eigenvalue weighted by Crippen LogP contribution is 2.37. The SMILES string of the molecule is CON(C)C(=O)C(F)(F)c1cccc([C@@H](C)N(C(=O)O)C(C)(C)C)c1F. The number of halogens is 3. The minimum Gasteiger partial charge on any atom is -0.465 e. The van der Waals surface area contributed by atoms with Crippen molar-refractivity contribution in [2.75, 3.05) is 14.2 Å². The zero-order chi connectivity index (χ0) is 20.4. The van der Waals surface area contributed by atoms with Gasteiger partial charge in [0, 0.05) is 18.2 Å². The Morgan fingerprint density at radius 3 is 2.19 bits per heavy atom. The molecule has 6 nitrogen and oxygen atoms in total. The molecule has 0 aliphatic heterocycles.